The van der Waals surface area contributed by atoms with E-state index in [2.05, 4.69) is 26.0 Å². The normalized spacial score (nSPS) is 18.4. The van der Waals surface area contributed by atoms with Gasteiger partial charge in [-0.1, -0.05) is 6.07 Å². The SMILES string of the molecule is CS(=O)(=O)NCCN(Cc1cccnc1)CC1CCNC1.Cl. The van der Waals surface area contributed by atoms with Crippen LogP contribution in [0.2, 0.25) is 0 Å². The van der Waals surface area contributed by atoms with Gasteiger partial charge < -0.3 is 5.32 Å². The van der Waals surface area contributed by atoms with Crippen LogP contribution in [-0.4, -0.2) is 57.3 Å². The highest BCUT2D eigenvalue weighted by Gasteiger charge is 2.18. The lowest BCUT2D eigenvalue weighted by molar-refractivity contribution is 0.232. The number of nitrogens with one attached hydrogen (secondary N) is 2. The lowest BCUT2D eigenvalue weighted by Crippen LogP contribution is -2.37. The first-order chi connectivity index (χ1) is 10.0. The van der Waals surface area contributed by atoms with Crippen molar-refractivity contribution < 1.29 is 8.42 Å². The molecule has 0 aromatic carbocycles. The smallest absolute Gasteiger partial charge is 0.208 e. The monoisotopic (exact) mass is 348 g/mol. The molecule has 0 saturated carbocycles. The van der Waals surface area contributed by atoms with Crippen LogP contribution < -0.4 is 10.0 Å². The van der Waals surface area contributed by atoms with E-state index in [0.29, 0.717) is 19.0 Å². The van der Waals surface area contributed by atoms with Crippen LogP contribution in [0, 0.1) is 5.92 Å². The Morgan fingerprint density at radius 3 is 2.91 bits per heavy atom. The fourth-order valence-electron chi connectivity index (χ4n) is 2.61. The molecular weight excluding hydrogens is 324 g/mol. The predicted octanol–water partition coefficient (Wildman–Crippen LogP) is 0.464. The van der Waals surface area contributed by atoms with E-state index in [1.54, 1.807) is 6.20 Å². The highest BCUT2D eigenvalue weighted by Crippen LogP contribution is 2.12. The first-order valence-corrected chi connectivity index (χ1v) is 9.19. The van der Waals surface area contributed by atoms with Gasteiger partial charge in [0.25, 0.3) is 0 Å². The number of sulfonamides is 1. The maximum atomic E-state index is 11.2. The van der Waals surface area contributed by atoms with E-state index in [9.17, 15) is 8.42 Å². The molecule has 1 unspecified atom stereocenters. The maximum Gasteiger partial charge on any atom is 0.208 e. The standard InChI is InChI=1S/C14H24N4O2S.ClH/c1-21(19,20)17-7-8-18(12-14-4-6-16-10-14)11-13-3-2-5-15-9-13;/h2-3,5,9,14,16-17H,4,6-8,10-12H2,1H3;1H. The van der Waals surface area contributed by atoms with E-state index in [1.807, 2.05) is 12.3 Å². The molecule has 1 aromatic rings. The molecule has 2 N–H and O–H groups in total. The molecule has 1 saturated heterocycles. The summed E-state index contributed by atoms with van der Waals surface area (Å²) < 4.78 is 24.9. The topological polar surface area (TPSA) is 74.3 Å². The predicted molar refractivity (Wildman–Crippen MR) is 90.6 cm³/mol. The fourth-order valence-corrected chi connectivity index (χ4v) is 3.07. The summed E-state index contributed by atoms with van der Waals surface area (Å²) in [5.41, 5.74) is 1.16. The Morgan fingerprint density at radius 1 is 1.50 bits per heavy atom. The molecule has 0 bridgehead atoms. The van der Waals surface area contributed by atoms with E-state index in [1.165, 1.54) is 12.7 Å². The van der Waals surface area contributed by atoms with Crippen molar-refractivity contribution in [3.63, 3.8) is 0 Å². The van der Waals surface area contributed by atoms with Crippen molar-refractivity contribution in [3.05, 3.63) is 30.1 Å². The molecule has 2 heterocycles. The molecule has 1 atom stereocenters. The van der Waals surface area contributed by atoms with Crippen LogP contribution in [0.1, 0.15) is 12.0 Å². The van der Waals surface area contributed by atoms with Crippen molar-refractivity contribution >= 4 is 22.4 Å². The molecule has 1 aromatic heterocycles. The number of pyridine rings is 1. The van der Waals surface area contributed by atoms with Crippen LogP contribution in [0.25, 0.3) is 0 Å². The summed E-state index contributed by atoms with van der Waals surface area (Å²) >= 11 is 0. The summed E-state index contributed by atoms with van der Waals surface area (Å²) in [6, 6.07) is 3.98. The third kappa shape index (κ3) is 7.51. The number of rotatable bonds is 8. The van der Waals surface area contributed by atoms with E-state index < -0.39 is 10.0 Å². The van der Waals surface area contributed by atoms with Crippen molar-refractivity contribution in [2.75, 3.05) is 39.0 Å². The Kier molecular flexibility index (Phi) is 8.27. The van der Waals surface area contributed by atoms with E-state index >= 15 is 0 Å². The van der Waals surface area contributed by atoms with Crippen molar-refractivity contribution in [2.45, 2.75) is 13.0 Å². The number of hydrogen-bond donors (Lipinski definition) is 2. The molecule has 8 heteroatoms. The van der Waals surface area contributed by atoms with Crippen LogP contribution in [0.15, 0.2) is 24.5 Å². The molecule has 0 spiro atoms. The number of halogens is 1. The van der Waals surface area contributed by atoms with Gasteiger partial charge in [0.2, 0.25) is 10.0 Å². The minimum Gasteiger partial charge on any atom is -0.316 e. The van der Waals surface area contributed by atoms with Gasteiger partial charge >= 0.3 is 0 Å². The summed E-state index contributed by atoms with van der Waals surface area (Å²) in [6.45, 7) is 5.05. The Balaban J connectivity index is 0.00000242. The van der Waals surface area contributed by atoms with Gasteiger partial charge in [0.1, 0.15) is 0 Å². The molecule has 1 aliphatic heterocycles. The summed E-state index contributed by atoms with van der Waals surface area (Å²) in [7, 11) is -3.12. The van der Waals surface area contributed by atoms with Gasteiger partial charge in [-0.2, -0.15) is 0 Å². The van der Waals surface area contributed by atoms with Crippen LogP contribution in [0.4, 0.5) is 0 Å². The lowest BCUT2D eigenvalue weighted by Gasteiger charge is -2.25. The Labute approximate surface area is 139 Å². The average Bonchev–Trinajstić information content (AvgIpc) is 2.91. The summed E-state index contributed by atoms with van der Waals surface area (Å²) in [6.07, 6.45) is 6.01. The van der Waals surface area contributed by atoms with Gasteiger partial charge in [0.15, 0.2) is 0 Å². The zero-order valence-electron chi connectivity index (χ0n) is 12.9. The minimum absolute atomic E-state index is 0. The minimum atomic E-state index is -3.12. The second kappa shape index (κ2) is 9.42. The van der Waals surface area contributed by atoms with Crippen LogP contribution in [0.3, 0.4) is 0 Å². The molecule has 6 nitrogen and oxygen atoms in total. The number of hydrogen-bond acceptors (Lipinski definition) is 5. The van der Waals surface area contributed by atoms with Gasteiger partial charge in [-0.25, -0.2) is 13.1 Å². The Morgan fingerprint density at radius 2 is 2.32 bits per heavy atom. The van der Waals surface area contributed by atoms with Gasteiger partial charge in [-0.3, -0.25) is 9.88 Å². The quantitative estimate of drug-likeness (QED) is 0.714. The summed E-state index contributed by atoms with van der Waals surface area (Å²) in [5.74, 6) is 0.639. The fraction of sp³-hybridized carbons (Fsp3) is 0.643. The lowest BCUT2D eigenvalue weighted by atomic mass is 10.1. The summed E-state index contributed by atoms with van der Waals surface area (Å²) in [5, 5.41) is 3.37. The first-order valence-electron chi connectivity index (χ1n) is 7.29. The highest BCUT2D eigenvalue weighted by atomic mass is 35.5. The van der Waals surface area contributed by atoms with Gasteiger partial charge in [0, 0.05) is 38.6 Å². The molecule has 2 rings (SSSR count). The van der Waals surface area contributed by atoms with Crippen LogP contribution >= 0.6 is 12.4 Å². The van der Waals surface area contributed by atoms with E-state index in [0.717, 1.165) is 31.7 Å². The molecule has 0 amide bonds. The maximum absolute atomic E-state index is 11.2. The van der Waals surface area contributed by atoms with Crippen molar-refractivity contribution in [1.82, 2.24) is 19.9 Å². The van der Waals surface area contributed by atoms with Crippen LogP contribution in [0.5, 0.6) is 0 Å². The van der Waals surface area contributed by atoms with Gasteiger partial charge in [-0.15, -0.1) is 12.4 Å². The molecule has 126 valence electrons. The molecular formula is C14H25ClN4O2S. The van der Waals surface area contributed by atoms with Gasteiger partial charge in [0.05, 0.1) is 6.26 Å². The molecule has 22 heavy (non-hydrogen) atoms. The molecule has 1 aliphatic rings. The third-order valence-electron chi connectivity index (χ3n) is 3.60. The average molecular weight is 349 g/mol. The number of aromatic nitrogens is 1. The van der Waals surface area contributed by atoms with E-state index in [4.69, 9.17) is 0 Å². The molecule has 1 fully saturated rings. The van der Waals surface area contributed by atoms with Crippen molar-refractivity contribution in [3.8, 4) is 0 Å². The highest BCUT2D eigenvalue weighted by molar-refractivity contribution is 7.88. The summed E-state index contributed by atoms with van der Waals surface area (Å²) in [4.78, 5) is 6.44. The van der Waals surface area contributed by atoms with Crippen molar-refractivity contribution in [2.24, 2.45) is 5.92 Å². The largest absolute Gasteiger partial charge is 0.316 e. The second-order valence-corrected chi connectivity index (χ2v) is 7.45. The first kappa shape index (κ1) is 19.3. The Hall–Kier alpha value is -0.730. The Bertz CT molecular complexity index is 521. The van der Waals surface area contributed by atoms with Crippen LogP contribution in [-0.2, 0) is 16.6 Å². The molecule has 0 radical (unpaired) electrons. The van der Waals surface area contributed by atoms with E-state index in [-0.39, 0.29) is 12.4 Å². The number of nitrogens with zero attached hydrogens (tertiary/aromatic N) is 2. The second-order valence-electron chi connectivity index (χ2n) is 5.62. The third-order valence-corrected chi connectivity index (χ3v) is 4.33. The van der Waals surface area contributed by atoms with Gasteiger partial charge in [-0.05, 0) is 37.1 Å². The zero-order chi connectivity index (χ0) is 15.1. The zero-order valence-corrected chi connectivity index (χ0v) is 14.5. The molecule has 0 aliphatic carbocycles. The van der Waals surface area contributed by atoms with Crippen molar-refractivity contribution in [1.29, 1.82) is 0 Å².